The normalized spacial score (nSPS) is 13.6. The molecule has 16 nitrogen and oxygen atoms in total. The van der Waals surface area contributed by atoms with Gasteiger partial charge in [-0.1, -0.05) is 24.3 Å². The molecule has 0 radical (unpaired) electrons. The number of aliphatic imine (C=N–C) groups is 1. The van der Waals surface area contributed by atoms with Gasteiger partial charge in [0, 0.05) is 115 Å². The van der Waals surface area contributed by atoms with Gasteiger partial charge < -0.3 is 29.9 Å². The highest BCUT2D eigenvalue weighted by Crippen LogP contribution is 2.36. The zero-order valence-electron chi connectivity index (χ0n) is 34.2. The van der Waals surface area contributed by atoms with Gasteiger partial charge >= 0.3 is 0 Å². The molecule has 0 spiro atoms. The molecular weight excluding hydrogens is 765 g/mol. The second kappa shape index (κ2) is 18.0. The van der Waals surface area contributed by atoms with Crippen molar-refractivity contribution < 1.29 is 28.8 Å². The summed E-state index contributed by atoms with van der Waals surface area (Å²) in [5.74, 6) is -2.24. The highest BCUT2D eigenvalue weighted by Gasteiger charge is 2.35. The molecule has 16 heteroatoms. The maximum Gasteiger partial charge on any atom is 0.261 e. The van der Waals surface area contributed by atoms with E-state index in [4.69, 9.17) is 0 Å². The van der Waals surface area contributed by atoms with Gasteiger partial charge in [0.25, 0.3) is 23.6 Å². The number of anilines is 1. The number of benzene rings is 4. The van der Waals surface area contributed by atoms with Gasteiger partial charge in [-0.3, -0.25) is 43.6 Å². The first-order valence-corrected chi connectivity index (χ1v) is 20.0. The van der Waals surface area contributed by atoms with Crippen LogP contribution >= 0.6 is 0 Å². The predicted molar refractivity (Wildman–Crippen MR) is 229 cm³/mol. The van der Waals surface area contributed by atoms with Crippen molar-refractivity contribution in [1.82, 2.24) is 39.8 Å². The molecule has 0 saturated heterocycles. The molecule has 0 atom stereocenters. The zero-order chi connectivity index (χ0) is 42.5. The fourth-order valence-corrected chi connectivity index (χ4v) is 8.01. The highest BCUT2D eigenvalue weighted by atomic mass is 16.2. The van der Waals surface area contributed by atoms with Crippen molar-refractivity contribution in [2.45, 2.75) is 13.3 Å². The van der Waals surface area contributed by atoms with E-state index in [0.29, 0.717) is 46.0 Å². The van der Waals surface area contributed by atoms with Crippen LogP contribution in [0.2, 0.25) is 0 Å². The smallest absolute Gasteiger partial charge is 0.261 e. The van der Waals surface area contributed by atoms with E-state index >= 15 is 0 Å². The van der Waals surface area contributed by atoms with E-state index in [0.717, 1.165) is 22.1 Å². The summed E-state index contributed by atoms with van der Waals surface area (Å²) in [5, 5.41) is 8.44. The first-order chi connectivity index (χ1) is 29.1. The van der Waals surface area contributed by atoms with Crippen molar-refractivity contribution in [3.8, 4) is 5.69 Å². The first-order valence-electron chi connectivity index (χ1n) is 20.0. The Hall–Kier alpha value is -6.78. The average molecular weight is 813 g/mol. The molecule has 310 valence electrons. The number of amides is 6. The summed E-state index contributed by atoms with van der Waals surface area (Å²) in [6.45, 7) is 3.13. The molecule has 5 aromatic rings. The van der Waals surface area contributed by atoms with Crippen molar-refractivity contribution in [2.75, 3.05) is 84.9 Å². The third-order valence-electron chi connectivity index (χ3n) is 10.9. The van der Waals surface area contributed by atoms with Crippen LogP contribution in [0.3, 0.4) is 0 Å². The summed E-state index contributed by atoms with van der Waals surface area (Å²) in [7, 11) is 5.18. The molecule has 0 aliphatic carbocycles. The molecule has 2 aliphatic rings. The SMILES string of the molecule is CCN=CN(C)c1ccc2c3c(cccc13)C(=O)N(CCN(CCCN(CCN1C(=O)c3cccc4c(-n5ccnc5)ccc(c34)C1=O)C(=O)CNC)C(=O)CNC)C2=O. The van der Waals surface area contributed by atoms with Gasteiger partial charge in [0.1, 0.15) is 0 Å². The number of nitrogens with one attached hydrogen (secondary N) is 2. The number of imidazole rings is 1. The van der Waals surface area contributed by atoms with Crippen LogP contribution in [0.25, 0.3) is 27.2 Å². The number of likely N-dealkylation sites (N-methyl/N-ethyl adjacent to an activating group) is 2. The van der Waals surface area contributed by atoms with Crippen LogP contribution in [0.1, 0.15) is 54.8 Å². The molecule has 2 N–H and O–H groups in total. The Kier molecular flexibility index (Phi) is 12.4. The van der Waals surface area contributed by atoms with Crippen molar-refractivity contribution >= 4 is 69.0 Å². The van der Waals surface area contributed by atoms with Crippen LogP contribution in [0, 0.1) is 0 Å². The molecule has 2 aliphatic heterocycles. The number of rotatable bonds is 18. The maximum absolute atomic E-state index is 13.9. The summed E-state index contributed by atoms with van der Waals surface area (Å²) in [6, 6.07) is 17.9. The van der Waals surface area contributed by atoms with Crippen molar-refractivity contribution in [3.05, 3.63) is 102 Å². The molecule has 60 heavy (non-hydrogen) atoms. The van der Waals surface area contributed by atoms with Crippen molar-refractivity contribution in [3.63, 3.8) is 0 Å². The number of carbonyl (C=O) groups is 6. The minimum Gasteiger partial charge on any atom is -0.340 e. The Morgan fingerprint density at radius 3 is 1.73 bits per heavy atom. The minimum absolute atomic E-state index is 0.0288. The van der Waals surface area contributed by atoms with Gasteiger partial charge in [0.05, 0.1) is 31.4 Å². The van der Waals surface area contributed by atoms with E-state index in [1.54, 1.807) is 85.4 Å². The summed E-state index contributed by atoms with van der Waals surface area (Å²) in [5.41, 5.74) is 3.21. The monoisotopic (exact) mass is 812 g/mol. The van der Waals surface area contributed by atoms with Gasteiger partial charge in [-0.2, -0.15) is 0 Å². The first kappa shape index (κ1) is 41.4. The summed E-state index contributed by atoms with van der Waals surface area (Å²) >= 11 is 0. The van der Waals surface area contributed by atoms with E-state index in [-0.39, 0.29) is 64.2 Å². The van der Waals surface area contributed by atoms with Gasteiger partial charge in [-0.05, 0) is 63.8 Å². The van der Waals surface area contributed by atoms with Gasteiger partial charge in [-0.25, -0.2) is 4.98 Å². The molecular formula is C44H48N10O6. The Morgan fingerprint density at radius 2 is 1.22 bits per heavy atom. The Morgan fingerprint density at radius 1 is 0.700 bits per heavy atom. The number of hydrogen-bond acceptors (Lipinski definition) is 10. The molecule has 6 amide bonds. The fourth-order valence-electron chi connectivity index (χ4n) is 8.01. The highest BCUT2D eigenvalue weighted by molar-refractivity contribution is 6.28. The Balaban J connectivity index is 1.03. The maximum atomic E-state index is 13.9. The molecule has 0 fully saturated rings. The topological polar surface area (TPSA) is 173 Å². The van der Waals surface area contributed by atoms with Crippen LogP contribution in [-0.4, -0.2) is 151 Å². The van der Waals surface area contributed by atoms with Crippen LogP contribution in [-0.2, 0) is 9.59 Å². The number of imide groups is 2. The number of hydrogen-bond donors (Lipinski definition) is 2. The Bertz CT molecular complexity index is 2470. The minimum atomic E-state index is -0.444. The second-order valence-corrected chi connectivity index (χ2v) is 14.6. The fraction of sp³-hybridized carbons (Fsp3) is 0.318. The molecule has 3 heterocycles. The van der Waals surface area contributed by atoms with Gasteiger partial charge in [0.15, 0.2) is 0 Å². The average Bonchev–Trinajstić information content (AvgIpc) is 3.80. The lowest BCUT2D eigenvalue weighted by atomic mass is 9.93. The second-order valence-electron chi connectivity index (χ2n) is 14.6. The van der Waals surface area contributed by atoms with E-state index in [1.165, 1.54) is 9.80 Å². The largest absolute Gasteiger partial charge is 0.340 e. The zero-order valence-corrected chi connectivity index (χ0v) is 34.2. The molecule has 1 aromatic heterocycles. The molecule has 0 unspecified atom stereocenters. The third-order valence-corrected chi connectivity index (χ3v) is 10.9. The summed E-state index contributed by atoms with van der Waals surface area (Å²) < 4.78 is 1.83. The van der Waals surface area contributed by atoms with Gasteiger partial charge in [0.2, 0.25) is 11.8 Å². The number of aromatic nitrogens is 2. The number of carbonyl (C=O) groups excluding carboxylic acids is 6. The Labute approximate surface area is 347 Å². The van der Waals surface area contributed by atoms with E-state index in [9.17, 15) is 28.8 Å². The summed E-state index contributed by atoms with van der Waals surface area (Å²) in [4.78, 5) is 98.1. The van der Waals surface area contributed by atoms with Crippen LogP contribution in [0.4, 0.5) is 5.69 Å². The predicted octanol–water partition coefficient (Wildman–Crippen LogP) is 3.04. The van der Waals surface area contributed by atoms with Crippen LogP contribution < -0.4 is 15.5 Å². The lowest BCUT2D eigenvalue weighted by Crippen LogP contribution is -2.49. The van der Waals surface area contributed by atoms with E-state index in [1.807, 2.05) is 47.7 Å². The third kappa shape index (κ3) is 7.86. The summed E-state index contributed by atoms with van der Waals surface area (Å²) in [6.07, 6.45) is 7.18. The molecule has 7 rings (SSSR count). The van der Waals surface area contributed by atoms with E-state index < -0.39 is 23.6 Å². The van der Waals surface area contributed by atoms with Crippen LogP contribution in [0.15, 0.2) is 84.4 Å². The molecule has 4 aromatic carbocycles. The number of nitrogens with zero attached hydrogens (tertiary/aromatic N) is 8. The van der Waals surface area contributed by atoms with Gasteiger partial charge in [-0.15, -0.1) is 0 Å². The van der Waals surface area contributed by atoms with Crippen LogP contribution in [0.5, 0.6) is 0 Å². The standard InChI is InChI=1S/C44H48N10O6/c1-5-47-27-49(4)35-15-13-33-39-29(35)9-6-11-31(39)41(57)53(43(33)59)23-21-50(37(55)25-45-2)18-8-19-51(38(56)26-46-3)22-24-54-42(58)32-12-7-10-30-36(52-20-17-48-28-52)16-14-34(40(30)32)44(54)60/h6-7,9-17,20,27-28,45-46H,5,8,18-19,21-26H2,1-4H3. The van der Waals surface area contributed by atoms with Crippen molar-refractivity contribution in [1.29, 1.82) is 0 Å². The lowest BCUT2D eigenvalue weighted by Gasteiger charge is -2.32. The lowest BCUT2D eigenvalue weighted by molar-refractivity contribution is -0.131. The van der Waals surface area contributed by atoms with Crippen molar-refractivity contribution in [2.24, 2.45) is 4.99 Å². The van der Waals surface area contributed by atoms with E-state index in [2.05, 4.69) is 20.6 Å². The molecule has 0 bridgehead atoms. The molecule has 0 saturated carbocycles. The quantitative estimate of drug-likeness (QED) is 0.0762.